The van der Waals surface area contributed by atoms with Gasteiger partial charge in [-0.15, -0.1) is 0 Å². The van der Waals surface area contributed by atoms with Crippen molar-refractivity contribution in [2.24, 2.45) is 0 Å². The average molecular weight is 1210 g/mol. The lowest BCUT2D eigenvalue weighted by atomic mass is 10.0. The molecule has 6 heterocycles. The maximum absolute atomic E-state index is 14.0. The van der Waals surface area contributed by atoms with E-state index in [1.165, 1.54) is 61.8 Å². The minimum atomic E-state index is -4.02. The lowest BCUT2D eigenvalue weighted by Crippen LogP contribution is -2.31. The van der Waals surface area contributed by atoms with E-state index in [0.29, 0.717) is 80.1 Å². The minimum absolute atomic E-state index is 0.0476. The van der Waals surface area contributed by atoms with Crippen LogP contribution in [0.5, 0.6) is 23.3 Å². The van der Waals surface area contributed by atoms with Crippen LogP contribution in [0, 0.1) is 23.3 Å². The molecule has 18 nitrogen and oxygen atoms in total. The predicted molar refractivity (Wildman–Crippen MR) is 310 cm³/mol. The number of halogens is 5. The third-order valence-electron chi connectivity index (χ3n) is 12.6. The molecule has 11 aromatic rings. The van der Waals surface area contributed by atoms with Crippen LogP contribution in [-0.4, -0.2) is 90.7 Å². The van der Waals surface area contributed by atoms with Crippen molar-refractivity contribution < 1.29 is 58.3 Å². The van der Waals surface area contributed by atoms with E-state index in [0.717, 1.165) is 35.2 Å². The number of hydrogen-bond acceptors (Lipinski definition) is 17. The Kier molecular flexibility index (Phi) is 18.8. The molecule has 85 heavy (non-hydrogen) atoms. The molecule has 0 bridgehead atoms. The van der Waals surface area contributed by atoms with Crippen LogP contribution >= 0.6 is 11.6 Å². The Morgan fingerprint density at radius 3 is 1.73 bits per heavy atom. The molecular formula is C59H44BClF4N9O9S2. The van der Waals surface area contributed by atoms with Gasteiger partial charge in [-0.2, -0.15) is 0 Å². The van der Waals surface area contributed by atoms with Crippen LogP contribution in [-0.2, 0) is 32.2 Å². The fourth-order valence-corrected chi connectivity index (χ4v) is 11.4. The Morgan fingerprint density at radius 2 is 1.14 bits per heavy atom. The Bertz CT molecular complexity index is 4430. The first-order valence-corrected chi connectivity index (χ1v) is 28.4. The Morgan fingerprint density at radius 1 is 0.553 bits per heavy atom. The molecule has 0 aliphatic rings. The van der Waals surface area contributed by atoms with Crippen molar-refractivity contribution in [2.75, 3.05) is 25.6 Å². The molecule has 26 heteroatoms. The summed E-state index contributed by atoms with van der Waals surface area (Å²) in [6, 6.07) is 36.8. The number of pyridine rings is 4. The molecule has 0 aliphatic heterocycles. The number of aromatic nitrogens is 8. The zero-order chi connectivity index (χ0) is 60.3. The molecule has 0 saturated carbocycles. The molecule has 0 spiro atoms. The summed E-state index contributed by atoms with van der Waals surface area (Å²) in [6.45, 7) is 0.0661. The van der Waals surface area contributed by atoms with Crippen molar-refractivity contribution >= 4 is 66.5 Å². The Balaban J connectivity index is 0.000000173. The number of benzene rings is 5. The van der Waals surface area contributed by atoms with Crippen LogP contribution in [0.4, 0.5) is 23.4 Å². The van der Waals surface area contributed by atoms with Gasteiger partial charge < -0.3 is 23.9 Å². The molecule has 0 saturated heterocycles. The molecule has 5 aromatic carbocycles. The summed E-state index contributed by atoms with van der Waals surface area (Å²) in [5.74, 6) is -2.59. The van der Waals surface area contributed by atoms with Crippen molar-refractivity contribution in [1.29, 1.82) is 0 Å². The number of sulfonamides is 1. The van der Waals surface area contributed by atoms with Gasteiger partial charge in [-0.05, 0) is 126 Å². The van der Waals surface area contributed by atoms with Crippen molar-refractivity contribution in [3.05, 3.63) is 223 Å². The molecule has 6 aromatic heterocycles. The molecule has 0 amide bonds. The average Bonchev–Trinajstić information content (AvgIpc) is 2.91. The minimum Gasteiger partial charge on any atom is -0.537 e. The van der Waals surface area contributed by atoms with E-state index < -0.39 is 43.1 Å². The van der Waals surface area contributed by atoms with E-state index in [2.05, 4.69) is 44.5 Å². The molecule has 429 valence electrons. The highest BCUT2D eigenvalue weighted by Gasteiger charge is 2.28. The number of methoxy groups -OCH3 is 3. The summed E-state index contributed by atoms with van der Waals surface area (Å²) in [5, 5.41) is 11.2. The summed E-state index contributed by atoms with van der Waals surface area (Å²) in [5.41, 5.74) is 4.29. The summed E-state index contributed by atoms with van der Waals surface area (Å²) >= 11 is 6.03. The first-order chi connectivity index (χ1) is 41.0. The summed E-state index contributed by atoms with van der Waals surface area (Å²) < 4.78 is 127. The smallest absolute Gasteiger partial charge is 0.537 e. The van der Waals surface area contributed by atoms with Crippen LogP contribution in [0.2, 0.25) is 5.15 Å². The zero-order valence-electron chi connectivity index (χ0n) is 44.8. The molecule has 0 fully saturated rings. The third kappa shape index (κ3) is 14.0. The number of hydrogen-bond donors (Lipinski definition) is 1. The maximum atomic E-state index is 14.0. The van der Waals surface area contributed by atoms with E-state index in [-0.39, 0.29) is 39.5 Å². The van der Waals surface area contributed by atoms with Crippen LogP contribution in [0.3, 0.4) is 0 Å². The van der Waals surface area contributed by atoms with E-state index in [9.17, 15) is 34.4 Å². The van der Waals surface area contributed by atoms with Gasteiger partial charge in [-0.25, -0.2) is 68.6 Å². The second-order valence-corrected chi connectivity index (χ2v) is 22.1. The van der Waals surface area contributed by atoms with Crippen LogP contribution < -0.4 is 23.2 Å². The van der Waals surface area contributed by atoms with Gasteiger partial charge in [0.15, 0.2) is 33.1 Å². The summed E-state index contributed by atoms with van der Waals surface area (Å²) in [4.78, 5) is 33.9. The standard InChI is InChI=1S/C27H22ClN5O4S.C26H18F2N4O3S.C6H4BF2O2/c1-36-20-5-3-18(4-6-20)16-33(25-12-13-29-17-31-25)38(34,35)21-7-8-22-19(15-21)11-14-30-26(22)23-9-10-24(28)32-27(23)37-2;1-35-26-21(5-7-24(32-26)17-2-6-22(27)23(28)13-17)25-20-4-3-19(12-16(20)8-11-30-25)36(33,34)14-18-9-10-29-15-31-18;8-5-2-1-4(11-7-10)3-6(5)9/h3-15,17H,16H2,1-2H3;2-13,15H,14H2,1H3;1-3,10H. The Labute approximate surface area is 489 Å². The van der Waals surface area contributed by atoms with Gasteiger partial charge in [0.1, 0.15) is 35.1 Å². The van der Waals surface area contributed by atoms with Gasteiger partial charge in [-0.1, -0.05) is 35.9 Å². The largest absolute Gasteiger partial charge is 0.569 e. The second-order valence-electron chi connectivity index (χ2n) is 17.8. The third-order valence-corrected chi connectivity index (χ3v) is 16.2. The van der Waals surface area contributed by atoms with E-state index in [1.54, 1.807) is 110 Å². The van der Waals surface area contributed by atoms with Gasteiger partial charge in [0.25, 0.3) is 10.0 Å². The monoisotopic (exact) mass is 1210 g/mol. The number of nitrogens with zero attached hydrogens (tertiary/aromatic N) is 9. The molecular weight excluding hydrogens is 1170 g/mol. The summed E-state index contributed by atoms with van der Waals surface area (Å²) in [7, 11) is -2.74. The fraction of sp³-hybridized carbons (Fsp3) is 0.0847. The molecule has 1 radical (unpaired) electrons. The molecule has 1 N–H and O–H groups in total. The van der Waals surface area contributed by atoms with E-state index >= 15 is 0 Å². The van der Waals surface area contributed by atoms with Gasteiger partial charge >= 0.3 is 7.69 Å². The number of rotatable bonds is 16. The highest BCUT2D eigenvalue weighted by atomic mass is 35.5. The highest BCUT2D eigenvalue weighted by molar-refractivity contribution is 7.92. The molecule has 0 atom stereocenters. The predicted octanol–water partition coefficient (Wildman–Crippen LogP) is 11.0. The lowest BCUT2D eigenvalue weighted by molar-refractivity contribution is 0.399. The first kappa shape index (κ1) is 59.9. The van der Waals surface area contributed by atoms with Gasteiger partial charge in [-0.3, -0.25) is 9.97 Å². The van der Waals surface area contributed by atoms with Crippen molar-refractivity contribution in [2.45, 2.75) is 22.1 Å². The quantitative estimate of drug-likeness (QED) is 0.0538. The molecule has 11 rings (SSSR count). The molecule has 0 aliphatic carbocycles. The normalized spacial score (nSPS) is 11.2. The van der Waals surface area contributed by atoms with Gasteiger partial charge in [0, 0.05) is 53.3 Å². The number of anilines is 1. The Hall–Kier alpha value is -9.69. The van der Waals surface area contributed by atoms with Gasteiger partial charge in [0.05, 0.1) is 77.3 Å². The topological polar surface area (TPSA) is 232 Å². The first-order valence-electron chi connectivity index (χ1n) is 25.0. The number of fused-ring (bicyclic) bond motifs is 2. The highest BCUT2D eigenvalue weighted by Crippen LogP contribution is 2.37. The van der Waals surface area contributed by atoms with E-state index in [4.69, 9.17) is 30.8 Å². The maximum Gasteiger partial charge on any atom is 0.569 e. The fourth-order valence-electron chi connectivity index (χ4n) is 8.48. The number of ether oxygens (including phenoxy) is 3. The zero-order valence-corrected chi connectivity index (χ0v) is 47.1. The van der Waals surface area contributed by atoms with Crippen molar-refractivity contribution in [3.63, 3.8) is 0 Å². The number of sulfone groups is 1. The molecule has 0 unspecified atom stereocenters. The van der Waals surface area contributed by atoms with Gasteiger partial charge in [0.2, 0.25) is 11.8 Å². The SMILES string of the molecule is COc1ccc(CN(c2ccncn2)S(=O)(=O)c2ccc3c(-c4ccc(Cl)nc4OC)nccc3c2)cc1.COc1nc(-c2ccc(F)c(F)c2)ccc1-c1nccc2cc(S(=O)(=O)Cc3ccncn3)ccc12.O[B]Oc1ccc(F)c(F)c1. The lowest BCUT2D eigenvalue weighted by Gasteiger charge is -2.24. The van der Waals surface area contributed by atoms with E-state index in [1.807, 2.05) is 12.1 Å². The van der Waals surface area contributed by atoms with Crippen LogP contribution in [0.1, 0.15) is 11.3 Å². The second kappa shape index (κ2) is 26.7. The van der Waals surface area contributed by atoms with Crippen LogP contribution in [0.25, 0.3) is 55.3 Å². The van der Waals surface area contributed by atoms with Crippen molar-refractivity contribution in [3.8, 4) is 57.0 Å². The van der Waals surface area contributed by atoms with Crippen LogP contribution in [0.15, 0.2) is 193 Å². The summed E-state index contributed by atoms with van der Waals surface area (Å²) in [6.07, 6.45) is 8.81. The van der Waals surface area contributed by atoms with Crippen molar-refractivity contribution in [1.82, 2.24) is 39.9 Å².